The highest BCUT2D eigenvalue weighted by Gasteiger charge is 1.93. The van der Waals surface area contributed by atoms with Crippen LogP contribution in [0.4, 0.5) is 0 Å². The van der Waals surface area contributed by atoms with E-state index in [-0.39, 0.29) is 0 Å². The molecule has 5 heteroatoms. The van der Waals surface area contributed by atoms with E-state index in [1.54, 1.807) is 12.3 Å². The van der Waals surface area contributed by atoms with E-state index in [9.17, 15) is 0 Å². The molecule has 0 aliphatic rings. The lowest BCUT2D eigenvalue weighted by atomic mass is 10.5. The van der Waals surface area contributed by atoms with Gasteiger partial charge in [0.1, 0.15) is 12.9 Å². The molecule has 0 unspecified atom stereocenters. The monoisotopic (exact) mass is 226 g/mol. The summed E-state index contributed by atoms with van der Waals surface area (Å²) in [6.07, 6.45) is 4.13. The van der Waals surface area contributed by atoms with Gasteiger partial charge in [0.25, 0.3) is 0 Å². The van der Waals surface area contributed by atoms with E-state index >= 15 is 0 Å². The molecule has 0 saturated carbocycles. The molecule has 0 saturated heterocycles. The number of ether oxygens (including phenoxy) is 3. The molecular formula is C11H18N2O3. The van der Waals surface area contributed by atoms with Gasteiger partial charge in [0, 0.05) is 18.9 Å². The van der Waals surface area contributed by atoms with E-state index in [1.165, 1.54) is 6.33 Å². The molecule has 0 bridgehead atoms. The highest BCUT2D eigenvalue weighted by Crippen LogP contribution is 2.00. The molecule has 0 amide bonds. The normalized spacial score (nSPS) is 10.3. The zero-order valence-corrected chi connectivity index (χ0v) is 9.59. The van der Waals surface area contributed by atoms with Crippen molar-refractivity contribution in [3.8, 4) is 5.88 Å². The van der Waals surface area contributed by atoms with Gasteiger partial charge >= 0.3 is 0 Å². The van der Waals surface area contributed by atoms with Crippen molar-refractivity contribution in [2.24, 2.45) is 0 Å². The van der Waals surface area contributed by atoms with Crippen molar-refractivity contribution in [3.05, 3.63) is 18.6 Å². The van der Waals surface area contributed by atoms with E-state index in [2.05, 4.69) is 16.9 Å². The summed E-state index contributed by atoms with van der Waals surface area (Å²) in [6, 6.07) is 1.71. The Morgan fingerprint density at radius 3 is 2.50 bits per heavy atom. The third-order valence-electron chi connectivity index (χ3n) is 1.75. The average molecular weight is 226 g/mol. The number of hydrogen-bond acceptors (Lipinski definition) is 5. The van der Waals surface area contributed by atoms with Gasteiger partial charge in [-0.15, -0.1) is 0 Å². The van der Waals surface area contributed by atoms with Crippen LogP contribution in [0.1, 0.15) is 13.3 Å². The Balaban J connectivity index is 1.89. The fourth-order valence-corrected chi connectivity index (χ4v) is 1.04. The zero-order valence-electron chi connectivity index (χ0n) is 9.59. The minimum atomic E-state index is 0.491. The van der Waals surface area contributed by atoms with Gasteiger partial charge in [-0.3, -0.25) is 0 Å². The van der Waals surface area contributed by atoms with Crippen LogP contribution in [0.5, 0.6) is 5.88 Å². The van der Waals surface area contributed by atoms with Gasteiger partial charge in [-0.1, -0.05) is 6.92 Å². The van der Waals surface area contributed by atoms with E-state index in [0.717, 1.165) is 13.0 Å². The topological polar surface area (TPSA) is 53.5 Å². The standard InChI is InChI=1S/C11H18N2O3/c1-2-5-14-6-7-15-8-9-16-11-3-4-12-10-13-11/h3-4,10H,2,5-9H2,1H3. The van der Waals surface area contributed by atoms with E-state index in [1.807, 2.05) is 0 Å². The molecule has 90 valence electrons. The molecule has 1 heterocycles. The molecule has 1 aromatic rings. The fraction of sp³-hybridized carbons (Fsp3) is 0.636. The molecule has 0 aliphatic carbocycles. The second-order valence-corrected chi connectivity index (χ2v) is 3.12. The fourth-order valence-electron chi connectivity index (χ4n) is 1.04. The second-order valence-electron chi connectivity index (χ2n) is 3.12. The largest absolute Gasteiger partial charge is 0.475 e. The Hall–Kier alpha value is -1.20. The van der Waals surface area contributed by atoms with Crippen LogP contribution in [0.3, 0.4) is 0 Å². The molecule has 0 aromatic carbocycles. The maximum absolute atomic E-state index is 5.32. The predicted octanol–water partition coefficient (Wildman–Crippen LogP) is 1.30. The van der Waals surface area contributed by atoms with Crippen molar-refractivity contribution < 1.29 is 14.2 Å². The first kappa shape index (κ1) is 12.9. The number of hydrogen-bond donors (Lipinski definition) is 0. The van der Waals surface area contributed by atoms with E-state index in [4.69, 9.17) is 14.2 Å². The van der Waals surface area contributed by atoms with Crippen molar-refractivity contribution in [2.75, 3.05) is 33.0 Å². The van der Waals surface area contributed by atoms with Gasteiger partial charge in [0.15, 0.2) is 0 Å². The predicted molar refractivity (Wildman–Crippen MR) is 59.5 cm³/mol. The molecular weight excluding hydrogens is 208 g/mol. The van der Waals surface area contributed by atoms with Crippen molar-refractivity contribution in [1.82, 2.24) is 9.97 Å². The molecule has 0 spiro atoms. The maximum atomic E-state index is 5.32. The smallest absolute Gasteiger partial charge is 0.216 e. The van der Waals surface area contributed by atoms with E-state index in [0.29, 0.717) is 32.3 Å². The van der Waals surface area contributed by atoms with Crippen LogP contribution in [0, 0.1) is 0 Å². The summed E-state index contributed by atoms with van der Waals surface area (Å²) in [5.41, 5.74) is 0. The lowest BCUT2D eigenvalue weighted by Crippen LogP contribution is -2.11. The van der Waals surface area contributed by atoms with Crippen molar-refractivity contribution in [2.45, 2.75) is 13.3 Å². The SMILES string of the molecule is CCCOCCOCCOc1ccncn1. The lowest BCUT2D eigenvalue weighted by Gasteiger charge is -2.06. The molecule has 16 heavy (non-hydrogen) atoms. The highest BCUT2D eigenvalue weighted by molar-refractivity contribution is 5.03. The minimum absolute atomic E-state index is 0.491. The van der Waals surface area contributed by atoms with Crippen molar-refractivity contribution in [3.63, 3.8) is 0 Å². The molecule has 5 nitrogen and oxygen atoms in total. The molecule has 0 N–H and O–H groups in total. The quantitative estimate of drug-likeness (QED) is 0.594. The van der Waals surface area contributed by atoms with E-state index < -0.39 is 0 Å². The molecule has 0 radical (unpaired) electrons. The molecule has 0 atom stereocenters. The number of aromatic nitrogens is 2. The first-order valence-electron chi connectivity index (χ1n) is 5.47. The highest BCUT2D eigenvalue weighted by atomic mass is 16.5. The van der Waals surface area contributed by atoms with Gasteiger partial charge in [0.05, 0.1) is 19.8 Å². The van der Waals surface area contributed by atoms with Gasteiger partial charge in [0.2, 0.25) is 5.88 Å². The first-order valence-corrected chi connectivity index (χ1v) is 5.47. The Morgan fingerprint density at radius 1 is 1.06 bits per heavy atom. The molecule has 1 rings (SSSR count). The summed E-state index contributed by atoms with van der Waals surface area (Å²) in [5.74, 6) is 0.570. The number of nitrogens with zero attached hydrogens (tertiary/aromatic N) is 2. The van der Waals surface area contributed by atoms with Gasteiger partial charge in [-0.05, 0) is 6.42 Å². The summed E-state index contributed by atoms with van der Waals surface area (Å²) in [7, 11) is 0. The summed E-state index contributed by atoms with van der Waals surface area (Å²) in [4.78, 5) is 7.72. The second kappa shape index (κ2) is 9.06. The summed E-state index contributed by atoms with van der Waals surface area (Å²) in [6.45, 7) is 5.15. The maximum Gasteiger partial charge on any atom is 0.216 e. The van der Waals surface area contributed by atoms with Crippen LogP contribution < -0.4 is 4.74 Å². The van der Waals surface area contributed by atoms with Crippen LogP contribution >= 0.6 is 0 Å². The molecule has 0 aliphatic heterocycles. The molecule has 1 aromatic heterocycles. The average Bonchev–Trinajstić information content (AvgIpc) is 2.34. The Bertz CT molecular complexity index is 257. The van der Waals surface area contributed by atoms with Crippen molar-refractivity contribution >= 4 is 0 Å². The van der Waals surface area contributed by atoms with Crippen LogP contribution in [0.25, 0.3) is 0 Å². The van der Waals surface area contributed by atoms with Crippen LogP contribution in [-0.2, 0) is 9.47 Å². The molecule has 0 fully saturated rings. The number of rotatable bonds is 9. The third-order valence-corrected chi connectivity index (χ3v) is 1.75. The van der Waals surface area contributed by atoms with Gasteiger partial charge in [-0.25, -0.2) is 9.97 Å². The Labute approximate surface area is 95.8 Å². The van der Waals surface area contributed by atoms with Gasteiger partial charge < -0.3 is 14.2 Å². The van der Waals surface area contributed by atoms with Crippen molar-refractivity contribution in [1.29, 1.82) is 0 Å². The Kier molecular flexibility index (Phi) is 7.28. The van der Waals surface area contributed by atoms with Crippen LogP contribution in [0.2, 0.25) is 0 Å². The van der Waals surface area contributed by atoms with Crippen LogP contribution in [0.15, 0.2) is 18.6 Å². The lowest BCUT2D eigenvalue weighted by molar-refractivity contribution is 0.0360. The van der Waals surface area contributed by atoms with Crippen LogP contribution in [-0.4, -0.2) is 43.0 Å². The first-order chi connectivity index (χ1) is 7.93. The Morgan fingerprint density at radius 2 is 1.81 bits per heavy atom. The zero-order chi connectivity index (χ0) is 11.5. The summed E-state index contributed by atoms with van der Waals surface area (Å²) < 4.78 is 15.9. The van der Waals surface area contributed by atoms with Gasteiger partial charge in [-0.2, -0.15) is 0 Å². The summed E-state index contributed by atoms with van der Waals surface area (Å²) >= 11 is 0. The summed E-state index contributed by atoms with van der Waals surface area (Å²) in [5, 5.41) is 0. The minimum Gasteiger partial charge on any atom is -0.475 e. The third kappa shape index (κ3) is 6.31.